The van der Waals surface area contributed by atoms with Crippen LogP contribution >= 0.6 is 0 Å². The lowest BCUT2D eigenvalue weighted by atomic mass is 9.84. The topological polar surface area (TPSA) is 76.3 Å². The van der Waals surface area contributed by atoms with Gasteiger partial charge in [0, 0.05) is 47.6 Å². The van der Waals surface area contributed by atoms with Crippen LogP contribution in [0.5, 0.6) is 0 Å². The Kier molecular flexibility index (Phi) is 4.33. The van der Waals surface area contributed by atoms with E-state index in [2.05, 4.69) is 33.0 Å². The van der Waals surface area contributed by atoms with Crippen LogP contribution < -0.4 is 0 Å². The van der Waals surface area contributed by atoms with E-state index in [1.165, 1.54) is 12.8 Å². The van der Waals surface area contributed by atoms with Crippen molar-refractivity contribution < 1.29 is 4.79 Å². The number of pyridine rings is 1. The molecule has 1 aliphatic carbocycles. The fourth-order valence-electron chi connectivity index (χ4n) is 4.45. The third kappa shape index (κ3) is 3.39. The molecule has 7 nitrogen and oxygen atoms in total. The normalized spacial score (nSPS) is 22.2. The predicted molar refractivity (Wildman–Crippen MR) is 109 cm³/mol. The molecule has 1 saturated heterocycles. The molecule has 150 valence electrons. The monoisotopic (exact) mass is 390 g/mol. The van der Waals surface area contributed by atoms with Crippen molar-refractivity contribution in [1.29, 1.82) is 0 Å². The molecule has 0 aromatic carbocycles. The van der Waals surface area contributed by atoms with Crippen LogP contribution in [0.1, 0.15) is 71.2 Å². The van der Waals surface area contributed by atoms with Crippen molar-refractivity contribution >= 4 is 11.7 Å². The zero-order valence-corrected chi connectivity index (χ0v) is 17.2. The largest absolute Gasteiger partial charge is 0.338 e. The molecule has 0 radical (unpaired) electrons. The van der Waals surface area contributed by atoms with Crippen molar-refractivity contribution in [1.82, 2.24) is 29.5 Å². The van der Waals surface area contributed by atoms with E-state index in [4.69, 9.17) is 0 Å². The number of nitrogens with zero attached hydrogens (tertiary/aromatic N) is 6. The Balaban J connectivity index is 1.45. The summed E-state index contributed by atoms with van der Waals surface area (Å²) in [6.07, 6.45) is 4.87. The first-order chi connectivity index (χ1) is 14.0. The number of amides is 1. The molecule has 1 saturated carbocycles. The summed E-state index contributed by atoms with van der Waals surface area (Å²) in [6.45, 7) is 7.67. The molecule has 5 rings (SSSR count). The second kappa shape index (κ2) is 6.90. The van der Waals surface area contributed by atoms with Crippen LogP contribution in [0.4, 0.5) is 0 Å². The van der Waals surface area contributed by atoms with Crippen LogP contribution in [-0.4, -0.2) is 48.5 Å². The van der Waals surface area contributed by atoms with Gasteiger partial charge in [0.25, 0.3) is 11.7 Å². The lowest BCUT2D eigenvalue weighted by Gasteiger charge is -2.37. The van der Waals surface area contributed by atoms with E-state index in [9.17, 15) is 4.79 Å². The molecule has 7 heteroatoms. The molecule has 3 aromatic rings. The van der Waals surface area contributed by atoms with Crippen molar-refractivity contribution in [3.8, 4) is 0 Å². The number of carbonyl (C=O) groups is 1. The molecule has 0 unspecified atom stereocenters. The van der Waals surface area contributed by atoms with Crippen molar-refractivity contribution in [2.24, 2.45) is 5.92 Å². The van der Waals surface area contributed by atoms with Crippen LogP contribution in [0.25, 0.3) is 5.78 Å². The maximum atomic E-state index is 13.4. The molecule has 0 spiro atoms. The molecule has 2 aliphatic rings. The maximum Gasteiger partial charge on any atom is 0.254 e. The molecular formula is C22H26N6O. The van der Waals surface area contributed by atoms with Gasteiger partial charge in [-0.25, -0.2) is 9.50 Å². The molecule has 1 aliphatic heterocycles. The lowest BCUT2D eigenvalue weighted by Crippen LogP contribution is -2.42. The van der Waals surface area contributed by atoms with Crippen LogP contribution in [0.3, 0.4) is 0 Å². The maximum absolute atomic E-state index is 13.4. The SMILES string of the molecule is Cc1cc(C(=O)N2CC[C@@H](C)[C@H](c3cc(C)nc4ncnn34)C2)cc(C2CC2)n1. The number of aromatic nitrogens is 5. The first-order valence-corrected chi connectivity index (χ1v) is 10.4. The molecule has 3 aromatic heterocycles. The number of hydrogen-bond acceptors (Lipinski definition) is 5. The van der Waals surface area contributed by atoms with Crippen LogP contribution in [0, 0.1) is 19.8 Å². The summed E-state index contributed by atoms with van der Waals surface area (Å²) in [5, 5.41) is 4.38. The van der Waals surface area contributed by atoms with Gasteiger partial charge in [-0.3, -0.25) is 9.78 Å². The smallest absolute Gasteiger partial charge is 0.254 e. The summed E-state index contributed by atoms with van der Waals surface area (Å²) in [5.74, 6) is 1.92. The Labute approximate surface area is 170 Å². The summed E-state index contributed by atoms with van der Waals surface area (Å²) in [7, 11) is 0. The molecule has 29 heavy (non-hydrogen) atoms. The average molecular weight is 390 g/mol. The van der Waals surface area contributed by atoms with Gasteiger partial charge in [-0.15, -0.1) is 0 Å². The quantitative estimate of drug-likeness (QED) is 0.686. The molecule has 4 heterocycles. The van der Waals surface area contributed by atoms with E-state index in [-0.39, 0.29) is 11.8 Å². The van der Waals surface area contributed by atoms with Crippen LogP contribution in [0.15, 0.2) is 24.5 Å². The zero-order valence-electron chi connectivity index (χ0n) is 17.2. The van der Waals surface area contributed by atoms with E-state index >= 15 is 0 Å². The highest BCUT2D eigenvalue weighted by Gasteiger charge is 2.33. The van der Waals surface area contributed by atoms with E-state index in [0.29, 0.717) is 24.2 Å². The average Bonchev–Trinajstić information content (AvgIpc) is 3.45. The molecule has 0 N–H and O–H groups in total. The van der Waals surface area contributed by atoms with Gasteiger partial charge in [0.15, 0.2) is 0 Å². The summed E-state index contributed by atoms with van der Waals surface area (Å²) in [5.41, 5.74) is 4.78. The second-order valence-electron chi connectivity index (χ2n) is 8.61. The van der Waals surface area contributed by atoms with Gasteiger partial charge in [0.1, 0.15) is 6.33 Å². The Morgan fingerprint density at radius 1 is 1.07 bits per heavy atom. The van der Waals surface area contributed by atoms with Gasteiger partial charge in [0.05, 0.1) is 5.69 Å². The molecule has 2 atom stereocenters. The number of rotatable bonds is 3. The first-order valence-electron chi connectivity index (χ1n) is 10.4. The minimum atomic E-state index is 0.106. The van der Waals surface area contributed by atoms with Crippen molar-refractivity contribution in [2.45, 2.75) is 51.9 Å². The highest BCUT2D eigenvalue weighted by atomic mass is 16.2. The zero-order chi connectivity index (χ0) is 20.1. The van der Waals surface area contributed by atoms with Gasteiger partial charge in [0.2, 0.25) is 0 Å². The van der Waals surface area contributed by atoms with Crippen LogP contribution in [0.2, 0.25) is 0 Å². The number of hydrogen-bond donors (Lipinski definition) is 0. The van der Waals surface area contributed by atoms with Crippen LogP contribution in [-0.2, 0) is 0 Å². The minimum Gasteiger partial charge on any atom is -0.338 e. The van der Waals surface area contributed by atoms with Gasteiger partial charge in [-0.2, -0.15) is 10.1 Å². The van der Waals surface area contributed by atoms with Gasteiger partial charge >= 0.3 is 0 Å². The predicted octanol–water partition coefficient (Wildman–Crippen LogP) is 3.28. The lowest BCUT2D eigenvalue weighted by molar-refractivity contribution is 0.0665. The van der Waals surface area contributed by atoms with Crippen molar-refractivity contribution in [3.05, 3.63) is 52.9 Å². The van der Waals surface area contributed by atoms with E-state index < -0.39 is 0 Å². The molecule has 0 bridgehead atoms. The highest BCUT2D eigenvalue weighted by Crippen LogP contribution is 2.39. The third-order valence-corrected chi connectivity index (χ3v) is 6.25. The molecule has 1 amide bonds. The minimum absolute atomic E-state index is 0.106. The number of fused-ring (bicyclic) bond motifs is 1. The third-order valence-electron chi connectivity index (χ3n) is 6.25. The van der Waals surface area contributed by atoms with Gasteiger partial charge in [-0.05, 0) is 57.2 Å². The molecule has 2 fully saturated rings. The fourth-order valence-corrected chi connectivity index (χ4v) is 4.45. The summed E-state index contributed by atoms with van der Waals surface area (Å²) in [4.78, 5) is 28.7. The Morgan fingerprint density at radius 2 is 1.86 bits per heavy atom. The van der Waals surface area contributed by atoms with E-state index in [1.807, 2.05) is 35.4 Å². The Morgan fingerprint density at radius 3 is 2.66 bits per heavy atom. The highest BCUT2D eigenvalue weighted by molar-refractivity contribution is 5.94. The fraction of sp³-hybridized carbons (Fsp3) is 0.500. The van der Waals surface area contributed by atoms with Gasteiger partial charge in [-0.1, -0.05) is 6.92 Å². The Bertz CT molecular complexity index is 1090. The number of carbonyl (C=O) groups excluding carboxylic acids is 1. The standard InChI is InChI=1S/C22H26N6O/c1-13-6-7-27(21(29)17-8-14(2)25-19(10-17)16-4-5-16)11-18(13)20-9-15(3)26-22-23-12-24-28(20)22/h8-10,12-13,16,18H,4-7,11H2,1-3H3/t13-,18-/m1/s1. The summed E-state index contributed by atoms with van der Waals surface area (Å²) in [6, 6.07) is 6.01. The number of piperidine rings is 1. The second-order valence-corrected chi connectivity index (χ2v) is 8.61. The number of aryl methyl sites for hydroxylation is 2. The van der Waals surface area contributed by atoms with Crippen molar-refractivity contribution in [2.75, 3.05) is 13.1 Å². The van der Waals surface area contributed by atoms with E-state index in [0.717, 1.165) is 41.3 Å². The summed E-state index contributed by atoms with van der Waals surface area (Å²) >= 11 is 0. The summed E-state index contributed by atoms with van der Waals surface area (Å²) < 4.78 is 1.82. The van der Waals surface area contributed by atoms with E-state index in [1.54, 1.807) is 6.33 Å². The number of likely N-dealkylation sites (tertiary alicyclic amines) is 1. The van der Waals surface area contributed by atoms with Gasteiger partial charge < -0.3 is 4.90 Å². The van der Waals surface area contributed by atoms with Crippen molar-refractivity contribution in [3.63, 3.8) is 0 Å². The Hall–Kier alpha value is -2.83. The molecular weight excluding hydrogens is 364 g/mol. The first kappa shape index (κ1) is 18.2.